The molecule has 1 fully saturated rings. The minimum atomic E-state index is -0.177. The van der Waals surface area contributed by atoms with Crippen LogP contribution in [0.15, 0.2) is 86.6 Å². The SMILES string of the molecule is O=C1/C(=C\c2ccc(-c3ccc(Cl)c(Cl)c3)o2)S/C(=N/c2nccs2)N1c1ccccc1. The number of amidine groups is 1. The highest BCUT2D eigenvalue weighted by Gasteiger charge is 2.35. The molecule has 1 amide bonds. The number of thioether (sulfide) groups is 1. The molecule has 3 heterocycles. The second-order valence-electron chi connectivity index (χ2n) is 6.63. The van der Waals surface area contributed by atoms with Gasteiger partial charge in [0, 0.05) is 23.2 Å². The monoisotopic (exact) mass is 497 g/mol. The summed E-state index contributed by atoms with van der Waals surface area (Å²) in [7, 11) is 0. The van der Waals surface area contributed by atoms with E-state index < -0.39 is 0 Å². The van der Waals surface area contributed by atoms with Crippen molar-refractivity contribution in [2.45, 2.75) is 0 Å². The number of aliphatic imine (C=N–C) groups is 1. The Morgan fingerprint density at radius 3 is 2.62 bits per heavy atom. The van der Waals surface area contributed by atoms with Crippen molar-refractivity contribution in [3.05, 3.63) is 93.0 Å². The fraction of sp³-hybridized carbons (Fsp3) is 0. The van der Waals surface area contributed by atoms with Crippen LogP contribution in [0.2, 0.25) is 10.0 Å². The van der Waals surface area contributed by atoms with Crippen LogP contribution in [0.4, 0.5) is 10.8 Å². The minimum Gasteiger partial charge on any atom is -0.457 e. The van der Waals surface area contributed by atoms with Crippen molar-refractivity contribution in [3.8, 4) is 11.3 Å². The zero-order valence-corrected chi connectivity index (χ0v) is 19.4. The van der Waals surface area contributed by atoms with Crippen molar-refractivity contribution in [2.24, 2.45) is 4.99 Å². The summed E-state index contributed by atoms with van der Waals surface area (Å²) in [5.74, 6) is 0.997. The van der Waals surface area contributed by atoms with E-state index in [1.807, 2.05) is 53.9 Å². The Hall–Kier alpha value is -2.84. The van der Waals surface area contributed by atoms with E-state index in [1.165, 1.54) is 23.1 Å². The van der Waals surface area contributed by atoms with Gasteiger partial charge in [0.25, 0.3) is 5.91 Å². The number of thiazole rings is 1. The lowest BCUT2D eigenvalue weighted by molar-refractivity contribution is -0.113. The molecule has 4 aromatic rings. The highest BCUT2D eigenvalue weighted by Crippen LogP contribution is 2.38. The van der Waals surface area contributed by atoms with E-state index in [-0.39, 0.29) is 5.91 Å². The fourth-order valence-electron chi connectivity index (χ4n) is 3.07. The van der Waals surface area contributed by atoms with Gasteiger partial charge in [0.1, 0.15) is 11.5 Å². The molecule has 1 aliphatic heterocycles. The summed E-state index contributed by atoms with van der Waals surface area (Å²) in [6.45, 7) is 0. The molecule has 0 saturated carbocycles. The molecule has 0 aliphatic carbocycles. The third-order valence-corrected chi connectivity index (χ3v) is 6.91. The third-order valence-electron chi connectivity index (χ3n) is 4.54. The van der Waals surface area contributed by atoms with Crippen LogP contribution in [0, 0.1) is 0 Å². The predicted molar refractivity (Wildman–Crippen MR) is 133 cm³/mol. The average Bonchev–Trinajstić information content (AvgIpc) is 3.53. The number of rotatable bonds is 4. The van der Waals surface area contributed by atoms with Gasteiger partial charge in [-0.1, -0.05) is 41.4 Å². The summed E-state index contributed by atoms with van der Waals surface area (Å²) in [4.78, 5) is 24.2. The van der Waals surface area contributed by atoms with Crippen LogP contribution in [0.3, 0.4) is 0 Å². The molecule has 0 atom stereocenters. The summed E-state index contributed by atoms with van der Waals surface area (Å²) < 4.78 is 5.94. The van der Waals surface area contributed by atoms with Gasteiger partial charge in [-0.3, -0.25) is 9.69 Å². The Kier molecular flexibility index (Phi) is 5.89. The molecule has 9 heteroatoms. The van der Waals surface area contributed by atoms with Gasteiger partial charge < -0.3 is 4.42 Å². The first-order valence-electron chi connectivity index (χ1n) is 9.41. The number of benzene rings is 2. The molecule has 0 radical (unpaired) electrons. The Bertz CT molecular complexity index is 1350. The van der Waals surface area contributed by atoms with Crippen LogP contribution in [-0.2, 0) is 4.79 Å². The lowest BCUT2D eigenvalue weighted by Gasteiger charge is -2.14. The lowest BCUT2D eigenvalue weighted by Crippen LogP contribution is -2.28. The zero-order valence-electron chi connectivity index (χ0n) is 16.2. The molecular weight excluding hydrogens is 485 g/mol. The standard InChI is InChI=1S/C23H13Cl2N3O2S2/c24-17-8-6-14(12-18(17)25)19-9-7-16(30-19)13-20-21(29)28(15-4-2-1-3-5-15)23(32-20)27-22-26-10-11-31-22/h1-13H/b20-13+,27-23+. The number of aromatic nitrogens is 1. The molecule has 0 spiro atoms. The van der Waals surface area contributed by atoms with Crippen molar-refractivity contribution in [1.82, 2.24) is 4.98 Å². The van der Waals surface area contributed by atoms with Crippen LogP contribution >= 0.6 is 46.3 Å². The Morgan fingerprint density at radius 1 is 1.03 bits per heavy atom. The normalized spacial score (nSPS) is 16.4. The van der Waals surface area contributed by atoms with Gasteiger partial charge in [0.2, 0.25) is 5.13 Å². The van der Waals surface area contributed by atoms with Crippen LogP contribution in [0.1, 0.15) is 5.76 Å². The smallest absolute Gasteiger partial charge is 0.271 e. The van der Waals surface area contributed by atoms with E-state index >= 15 is 0 Å². The maximum absolute atomic E-state index is 13.3. The van der Waals surface area contributed by atoms with Crippen molar-refractivity contribution < 1.29 is 9.21 Å². The van der Waals surface area contributed by atoms with Gasteiger partial charge in [0.15, 0.2) is 5.17 Å². The van der Waals surface area contributed by atoms with Gasteiger partial charge in [0.05, 0.1) is 20.6 Å². The Labute approximate surface area is 202 Å². The lowest BCUT2D eigenvalue weighted by atomic mass is 10.2. The van der Waals surface area contributed by atoms with E-state index in [4.69, 9.17) is 27.6 Å². The Morgan fingerprint density at radius 2 is 1.88 bits per heavy atom. The van der Waals surface area contributed by atoms with Crippen LogP contribution in [0.25, 0.3) is 17.4 Å². The number of anilines is 1. The van der Waals surface area contributed by atoms with E-state index in [2.05, 4.69) is 9.98 Å². The topological polar surface area (TPSA) is 58.7 Å². The van der Waals surface area contributed by atoms with Crippen molar-refractivity contribution in [2.75, 3.05) is 4.90 Å². The summed E-state index contributed by atoms with van der Waals surface area (Å²) >= 11 is 14.8. The summed E-state index contributed by atoms with van der Waals surface area (Å²) in [5, 5.41) is 3.90. The van der Waals surface area contributed by atoms with E-state index in [0.717, 1.165) is 11.3 Å². The molecule has 1 aliphatic rings. The summed E-state index contributed by atoms with van der Waals surface area (Å²) in [5.41, 5.74) is 1.53. The second kappa shape index (κ2) is 8.96. The number of furan rings is 1. The maximum Gasteiger partial charge on any atom is 0.271 e. The van der Waals surface area contributed by atoms with Crippen molar-refractivity contribution in [1.29, 1.82) is 0 Å². The van der Waals surface area contributed by atoms with Crippen molar-refractivity contribution in [3.63, 3.8) is 0 Å². The predicted octanol–water partition coefficient (Wildman–Crippen LogP) is 7.52. The number of nitrogens with zero attached hydrogens (tertiary/aromatic N) is 3. The number of para-hydroxylation sites is 1. The molecule has 0 N–H and O–H groups in total. The molecule has 0 unspecified atom stereocenters. The molecule has 158 valence electrons. The number of hydrogen-bond acceptors (Lipinski definition) is 6. The van der Waals surface area contributed by atoms with Gasteiger partial charge >= 0.3 is 0 Å². The molecule has 0 bridgehead atoms. The number of amides is 1. The molecule has 5 rings (SSSR count). The van der Waals surface area contributed by atoms with Crippen LogP contribution in [-0.4, -0.2) is 16.1 Å². The van der Waals surface area contributed by atoms with Gasteiger partial charge in [-0.2, -0.15) is 4.99 Å². The largest absolute Gasteiger partial charge is 0.457 e. The first kappa shape index (κ1) is 21.0. The molecule has 32 heavy (non-hydrogen) atoms. The molecular formula is C23H13Cl2N3O2S2. The minimum absolute atomic E-state index is 0.177. The maximum atomic E-state index is 13.3. The zero-order chi connectivity index (χ0) is 22.1. The molecule has 2 aromatic carbocycles. The van der Waals surface area contributed by atoms with Crippen LogP contribution in [0.5, 0.6) is 0 Å². The third kappa shape index (κ3) is 4.25. The van der Waals surface area contributed by atoms with Gasteiger partial charge in [-0.15, -0.1) is 11.3 Å². The first-order chi connectivity index (χ1) is 15.6. The number of hydrogen-bond donors (Lipinski definition) is 0. The van der Waals surface area contributed by atoms with E-state index in [9.17, 15) is 4.79 Å². The highest BCUT2D eigenvalue weighted by atomic mass is 35.5. The highest BCUT2D eigenvalue weighted by molar-refractivity contribution is 8.19. The average molecular weight is 498 g/mol. The Balaban J connectivity index is 1.49. The summed E-state index contributed by atoms with van der Waals surface area (Å²) in [6.07, 6.45) is 3.40. The fourth-order valence-corrected chi connectivity index (χ4v) is 4.89. The van der Waals surface area contributed by atoms with Gasteiger partial charge in [-0.05, 0) is 54.2 Å². The van der Waals surface area contributed by atoms with E-state index in [0.29, 0.717) is 36.8 Å². The molecule has 1 saturated heterocycles. The molecule has 5 nitrogen and oxygen atoms in total. The first-order valence-corrected chi connectivity index (χ1v) is 11.9. The number of carbonyl (C=O) groups excluding carboxylic acids is 1. The van der Waals surface area contributed by atoms with Crippen molar-refractivity contribution >= 4 is 74.3 Å². The quantitative estimate of drug-likeness (QED) is 0.273. The number of halogens is 2. The van der Waals surface area contributed by atoms with Crippen LogP contribution < -0.4 is 4.90 Å². The summed E-state index contributed by atoms with van der Waals surface area (Å²) in [6, 6.07) is 18.3. The molecule has 2 aromatic heterocycles. The van der Waals surface area contributed by atoms with E-state index in [1.54, 1.807) is 29.3 Å². The second-order valence-corrected chi connectivity index (χ2v) is 9.32. The van der Waals surface area contributed by atoms with Gasteiger partial charge in [-0.25, -0.2) is 4.98 Å². The number of carbonyl (C=O) groups is 1.